The van der Waals surface area contributed by atoms with Gasteiger partial charge in [-0.1, -0.05) is 13.0 Å². The number of unbranched alkanes of at least 4 members (excludes halogenated alkanes) is 3. The third kappa shape index (κ3) is 13.3. The number of amides is 2. The van der Waals surface area contributed by atoms with Crippen molar-refractivity contribution in [1.82, 2.24) is 10.6 Å². The maximum Gasteiger partial charge on any atom is 0.505 e. The van der Waals surface area contributed by atoms with E-state index in [4.69, 9.17) is 9.63 Å². The Morgan fingerprint density at radius 1 is 1.14 bits per heavy atom. The zero-order chi connectivity index (χ0) is 16.1. The number of esters is 1. The molecule has 3 N–H and O–H groups in total. The van der Waals surface area contributed by atoms with Gasteiger partial charge in [0.25, 0.3) is 0 Å². The van der Waals surface area contributed by atoms with Crippen LogP contribution in [0.25, 0.3) is 0 Å². The fourth-order valence-electron chi connectivity index (χ4n) is 1.42. The molecule has 0 radical (unpaired) electrons. The summed E-state index contributed by atoms with van der Waals surface area (Å²) >= 11 is 0. The Morgan fingerprint density at radius 2 is 1.76 bits per heavy atom. The summed E-state index contributed by atoms with van der Waals surface area (Å²) in [6.45, 7) is 5.90. The van der Waals surface area contributed by atoms with Crippen LogP contribution < -0.4 is 10.6 Å². The maximum atomic E-state index is 11.3. The molecule has 0 rings (SSSR count). The molecule has 2 amide bonds. The minimum Gasteiger partial charge on any atom is -0.460 e. The molecule has 0 spiro atoms. The van der Waals surface area contributed by atoms with Gasteiger partial charge in [-0.25, -0.2) is 9.59 Å². The lowest BCUT2D eigenvalue weighted by molar-refractivity contribution is -0.138. The van der Waals surface area contributed by atoms with Crippen molar-refractivity contribution in [2.75, 3.05) is 25.9 Å². The van der Waals surface area contributed by atoms with E-state index >= 15 is 0 Å². The molecule has 0 aromatic heterocycles. The number of carbonyl (C=O) groups is 2. The van der Waals surface area contributed by atoms with E-state index in [0.717, 1.165) is 25.7 Å². The van der Waals surface area contributed by atoms with Crippen LogP contribution in [0.4, 0.5) is 4.79 Å². The number of rotatable bonds is 11. The molecule has 1 atom stereocenters. The van der Waals surface area contributed by atoms with Gasteiger partial charge in [-0.2, -0.15) is 4.89 Å². The second-order valence-corrected chi connectivity index (χ2v) is 5.74. The van der Waals surface area contributed by atoms with Crippen molar-refractivity contribution in [2.24, 2.45) is 0 Å². The van der Waals surface area contributed by atoms with Crippen LogP contribution in [0.5, 0.6) is 0 Å². The summed E-state index contributed by atoms with van der Waals surface area (Å²) in [5.41, 5.74) is 0.324. The number of urea groups is 1. The van der Waals surface area contributed by atoms with E-state index in [1.165, 1.54) is 0 Å². The minimum atomic E-state index is -2.02. The molecule has 0 bridgehead atoms. The Morgan fingerprint density at radius 3 is 2.38 bits per heavy atom. The Labute approximate surface area is 126 Å². The average molecular weight is 319 g/mol. The van der Waals surface area contributed by atoms with E-state index < -0.39 is 14.0 Å². The van der Waals surface area contributed by atoms with E-state index in [-0.39, 0.29) is 19.2 Å². The SMILES string of the molecule is C=C(C)C(=O)OCCNC(=O)NCCCCCC[P+](=O)O. The Kier molecular flexibility index (Phi) is 11.4. The fourth-order valence-corrected chi connectivity index (χ4v) is 1.92. The van der Waals surface area contributed by atoms with Crippen molar-refractivity contribution < 1.29 is 23.8 Å². The van der Waals surface area contributed by atoms with Crippen LogP contribution in [0.15, 0.2) is 12.2 Å². The van der Waals surface area contributed by atoms with Crippen molar-refractivity contribution in [3.05, 3.63) is 12.2 Å². The Hall–Kier alpha value is -1.46. The highest BCUT2D eigenvalue weighted by Crippen LogP contribution is 2.15. The van der Waals surface area contributed by atoms with Gasteiger partial charge < -0.3 is 15.4 Å². The first kappa shape index (κ1) is 19.5. The lowest BCUT2D eigenvalue weighted by Gasteiger charge is -2.08. The number of carbonyl (C=O) groups excluding carboxylic acids is 2. The van der Waals surface area contributed by atoms with E-state index in [9.17, 15) is 14.2 Å². The van der Waals surface area contributed by atoms with Crippen LogP contribution in [-0.2, 0) is 14.1 Å². The first-order valence-electron chi connectivity index (χ1n) is 6.91. The van der Waals surface area contributed by atoms with Crippen LogP contribution in [0, 0.1) is 0 Å². The van der Waals surface area contributed by atoms with E-state index in [2.05, 4.69) is 17.2 Å². The summed E-state index contributed by atoms with van der Waals surface area (Å²) in [5.74, 6) is -0.471. The van der Waals surface area contributed by atoms with Crippen LogP contribution in [-0.4, -0.2) is 42.8 Å². The van der Waals surface area contributed by atoms with Crippen molar-refractivity contribution >= 4 is 20.0 Å². The molecule has 0 aliphatic carbocycles. The van der Waals surface area contributed by atoms with Crippen LogP contribution in [0.2, 0.25) is 0 Å². The van der Waals surface area contributed by atoms with E-state index in [0.29, 0.717) is 18.3 Å². The Balaban J connectivity index is 3.37. The highest BCUT2D eigenvalue weighted by atomic mass is 31.1. The molecule has 0 aromatic rings. The highest BCUT2D eigenvalue weighted by molar-refractivity contribution is 7.37. The number of hydrogen-bond acceptors (Lipinski definition) is 4. The van der Waals surface area contributed by atoms with Gasteiger partial charge in [-0.15, -0.1) is 0 Å². The zero-order valence-electron chi connectivity index (χ0n) is 12.4. The summed E-state index contributed by atoms with van der Waals surface area (Å²) < 4.78 is 15.2. The summed E-state index contributed by atoms with van der Waals surface area (Å²) in [4.78, 5) is 31.0. The summed E-state index contributed by atoms with van der Waals surface area (Å²) in [6.07, 6.45) is 3.67. The van der Waals surface area contributed by atoms with Crippen molar-refractivity contribution in [3.8, 4) is 0 Å². The van der Waals surface area contributed by atoms with Gasteiger partial charge in [0.05, 0.1) is 6.54 Å². The molecular weight excluding hydrogens is 295 g/mol. The smallest absolute Gasteiger partial charge is 0.460 e. The van der Waals surface area contributed by atoms with E-state index in [1.54, 1.807) is 6.92 Å². The van der Waals surface area contributed by atoms with Crippen molar-refractivity contribution in [1.29, 1.82) is 0 Å². The van der Waals surface area contributed by atoms with Crippen LogP contribution in [0.3, 0.4) is 0 Å². The molecule has 0 saturated carbocycles. The first-order valence-corrected chi connectivity index (χ1v) is 8.31. The zero-order valence-corrected chi connectivity index (χ0v) is 13.3. The normalized spacial score (nSPS) is 10.7. The van der Waals surface area contributed by atoms with E-state index in [1.807, 2.05) is 0 Å². The molecule has 1 unspecified atom stereocenters. The fraction of sp³-hybridized carbons (Fsp3) is 0.692. The molecule has 21 heavy (non-hydrogen) atoms. The van der Waals surface area contributed by atoms with Crippen molar-refractivity contribution in [3.63, 3.8) is 0 Å². The molecule has 0 aliphatic rings. The largest absolute Gasteiger partial charge is 0.505 e. The third-order valence-corrected chi connectivity index (χ3v) is 3.23. The summed E-state index contributed by atoms with van der Waals surface area (Å²) in [6, 6.07) is -0.306. The molecule has 120 valence electrons. The predicted molar refractivity (Wildman–Crippen MR) is 80.3 cm³/mol. The lowest BCUT2D eigenvalue weighted by Crippen LogP contribution is -2.38. The topological polar surface area (TPSA) is 105 Å². The monoisotopic (exact) mass is 319 g/mol. The Bertz CT molecular complexity index is 374. The molecular formula is C13H24N2O5P+. The standard InChI is InChI=1S/C13H23N2O5P/c1-11(2)12(16)20-9-8-15-13(17)14-7-5-3-4-6-10-21(18)19/h1,3-10H2,2H3,(H2-,14,15,17,18,19)/p+1. The molecule has 0 fully saturated rings. The second kappa shape index (κ2) is 12.3. The number of hydrogen-bond donors (Lipinski definition) is 3. The van der Waals surface area contributed by atoms with Gasteiger partial charge in [0.2, 0.25) is 0 Å². The van der Waals surface area contributed by atoms with Gasteiger partial charge >= 0.3 is 20.0 Å². The maximum absolute atomic E-state index is 11.3. The van der Waals surface area contributed by atoms with Gasteiger partial charge in [-0.3, -0.25) is 0 Å². The molecule has 8 heteroatoms. The summed E-state index contributed by atoms with van der Waals surface area (Å²) in [7, 11) is -2.02. The quantitative estimate of drug-likeness (QED) is 0.233. The van der Waals surface area contributed by atoms with Gasteiger partial charge in [0, 0.05) is 12.1 Å². The van der Waals surface area contributed by atoms with Gasteiger partial charge in [-0.05, 0) is 30.8 Å². The van der Waals surface area contributed by atoms with Crippen molar-refractivity contribution in [2.45, 2.75) is 32.6 Å². The molecule has 0 aromatic carbocycles. The molecule has 0 heterocycles. The highest BCUT2D eigenvalue weighted by Gasteiger charge is 2.08. The molecule has 7 nitrogen and oxygen atoms in total. The number of nitrogens with one attached hydrogen (secondary N) is 2. The predicted octanol–water partition coefficient (Wildman–Crippen LogP) is 1.70. The second-order valence-electron chi connectivity index (χ2n) is 4.59. The van der Waals surface area contributed by atoms with Crippen LogP contribution >= 0.6 is 8.03 Å². The molecule has 0 saturated heterocycles. The summed E-state index contributed by atoms with van der Waals surface area (Å²) in [5, 5.41) is 5.24. The minimum absolute atomic E-state index is 0.110. The van der Waals surface area contributed by atoms with Gasteiger partial charge in [0.1, 0.15) is 6.61 Å². The number of ether oxygens (including phenoxy) is 1. The van der Waals surface area contributed by atoms with Gasteiger partial charge in [0.15, 0.2) is 6.16 Å². The lowest BCUT2D eigenvalue weighted by atomic mass is 10.2. The third-order valence-electron chi connectivity index (χ3n) is 2.53. The average Bonchev–Trinajstić information content (AvgIpc) is 2.41. The van der Waals surface area contributed by atoms with Crippen LogP contribution in [0.1, 0.15) is 32.6 Å². The first-order chi connectivity index (χ1) is 9.93. The molecule has 0 aliphatic heterocycles.